The van der Waals surface area contributed by atoms with Crippen LogP contribution in [0.5, 0.6) is 5.88 Å². The van der Waals surface area contributed by atoms with E-state index >= 15 is 0 Å². The molecule has 1 aromatic carbocycles. The van der Waals surface area contributed by atoms with Gasteiger partial charge in [0.1, 0.15) is 30.9 Å². The summed E-state index contributed by atoms with van der Waals surface area (Å²) >= 11 is 0. The van der Waals surface area contributed by atoms with Crippen LogP contribution in [0.2, 0.25) is 0 Å². The lowest BCUT2D eigenvalue weighted by atomic mass is 9.96. The van der Waals surface area contributed by atoms with Crippen molar-refractivity contribution in [1.29, 1.82) is 0 Å². The van der Waals surface area contributed by atoms with E-state index in [0.717, 1.165) is 22.3 Å². The lowest BCUT2D eigenvalue weighted by molar-refractivity contribution is -0.137. The Bertz CT molecular complexity index is 1130. The quantitative estimate of drug-likeness (QED) is 0.665. The van der Waals surface area contributed by atoms with E-state index < -0.39 is 5.97 Å². The average Bonchev–Trinajstić information content (AvgIpc) is 3.03. The summed E-state index contributed by atoms with van der Waals surface area (Å²) in [5.74, 6) is -1.01. The third-order valence-corrected chi connectivity index (χ3v) is 4.90. The van der Waals surface area contributed by atoms with Crippen LogP contribution in [0, 0.1) is 13.8 Å². The largest absolute Gasteiger partial charge is 0.480 e. The highest BCUT2D eigenvalue weighted by Gasteiger charge is 2.29. The number of carboxylic acid groups (broad SMARTS) is 1. The van der Waals surface area contributed by atoms with Gasteiger partial charge in [0.2, 0.25) is 5.88 Å². The Morgan fingerprint density at radius 3 is 2.67 bits per heavy atom. The van der Waals surface area contributed by atoms with Crippen LogP contribution in [0.25, 0.3) is 11.1 Å². The van der Waals surface area contributed by atoms with Gasteiger partial charge < -0.3 is 20.5 Å². The molecule has 1 amide bonds. The number of carbonyl (C=O) groups excluding carboxylic acids is 1. The highest BCUT2D eigenvalue weighted by molar-refractivity contribution is 6.10. The van der Waals surface area contributed by atoms with Crippen LogP contribution in [0.1, 0.15) is 21.5 Å². The Labute approximate surface area is 171 Å². The highest BCUT2D eigenvalue weighted by atomic mass is 16.5. The van der Waals surface area contributed by atoms with Crippen molar-refractivity contribution in [2.45, 2.75) is 20.4 Å². The number of anilines is 2. The zero-order valence-corrected chi connectivity index (χ0v) is 16.5. The molecule has 30 heavy (non-hydrogen) atoms. The molecule has 3 heterocycles. The molecule has 0 radical (unpaired) electrons. The molecule has 1 aliphatic heterocycles. The highest BCUT2D eigenvalue weighted by Crippen LogP contribution is 2.33. The topological polar surface area (TPSA) is 136 Å². The zero-order chi connectivity index (χ0) is 21.4. The van der Waals surface area contributed by atoms with E-state index in [1.54, 1.807) is 17.3 Å². The number of ether oxygens (including phenoxy) is 1. The number of nitrogens with zero attached hydrogens (tertiary/aromatic N) is 5. The second kappa shape index (κ2) is 7.47. The van der Waals surface area contributed by atoms with Crippen molar-refractivity contribution in [2.24, 2.45) is 0 Å². The summed E-state index contributed by atoms with van der Waals surface area (Å²) in [5, 5.41) is 13.1. The minimum atomic E-state index is -0.959. The molecule has 0 saturated carbocycles. The predicted molar refractivity (Wildman–Crippen MR) is 108 cm³/mol. The first-order valence-electron chi connectivity index (χ1n) is 9.26. The Hall–Kier alpha value is -3.95. The molecule has 4 rings (SSSR count). The predicted octanol–water partition coefficient (Wildman–Crippen LogP) is 1.66. The van der Waals surface area contributed by atoms with Crippen LogP contribution in [0.4, 0.5) is 11.5 Å². The normalized spacial score (nSPS) is 13.5. The van der Waals surface area contributed by atoms with Crippen molar-refractivity contribution >= 4 is 23.4 Å². The monoisotopic (exact) mass is 408 g/mol. The maximum atomic E-state index is 13.2. The van der Waals surface area contributed by atoms with Crippen LogP contribution in [-0.2, 0) is 11.3 Å². The fourth-order valence-electron chi connectivity index (χ4n) is 3.68. The molecule has 0 bridgehead atoms. The Morgan fingerprint density at radius 1 is 1.23 bits per heavy atom. The molecular formula is C20H20N6O4. The molecule has 0 atom stereocenters. The third kappa shape index (κ3) is 3.43. The number of benzene rings is 1. The maximum absolute atomic E-state index is 13.2. The lowest BCUT2D eigenvalue weighted by Crippen LogP contribution is -2.33. The smallest absolute Gasteiger partial charge is 0.325 e. The minimum absolute atomic E-state index is 0.0767. The van der Waals surface area contributed by atoms with Crippen LogP contribution in [0.3, 0.4) is 0 Å². The molecule has 0 unspecified atom stereocenters. The van der Waals surface area contributed by atoms with Crippen molar-refractivity contribution in [3.8, 4) is 17.0 Å². The Morgan fingerprint density at radius 2 is 1.97 bits per heavy atom. The number of hydrogen-bond acceptors (Lipinski definition) is 7. The fraction of sp³-hybridized carbons (Fsp3) is 0.250. The van der Waals surface area contributed by atoms with Gasteiger partial charge in [-0.15, -0.1) is 0 Å². The molecule has 0 saturated heterocycles. The van der Waals surface area contributed by atoms with Gasteiger partial charge in [0, 0.05) is 17.4 Å². The van der Waals surface area contributed by atoms with E-state index in [1.807, 2.05) is 26.0 Å². The van der Waals surface area contributed by atoms with Gasteiger partial charge in [0.25, 0.3) is 5.91 Å². The summed E-state index contributed by atoms with van der Waals surface area (Å²) < 4.78 is 6.96. The number of hydrogen-bond donors (Lipinski definition) is 2. The minimum Gasteiger partial charge on any atom is -0.480 e. The van der Waals surface area contributed by atoms with Gasteiger partial charge in [-0.25, -0.2) is 9.97 Å². The van der Waals surface area contributed by atoms with Crippen LogP contribution < -0.4 is 15.4 Å². The maximum Gasteiger partial charge on any atom is 0.325 e. The number of rotatable bonds is 4. The molecule has 154 valence electrons. The lowest BCUT2D eigenvalue weighted by Gasteiger charge is -2.22. The number of aryl methyl sites for hydroxylation is 2. The molecule has 0 fully saturated rings. The number of fused-ring (bicyclic) bond motifs is 1. The Kier molecular flexibility index (Phi) is 4.82. The van der Waals surface area contributed by atoms with E-state index in [4.69, 9.17) is 15.6 Å². The summed E-state index contributed by atoms with van der Waals surface area (Å²) in [6.07, 6.45) is 4.60. The van der Waals surface area contributed by atoms with Gasteiger partial charge in [-0.2, -0.15) is 5.10 Å². The summed E-state index contributed by atoms with van der Waals surface area (Å²) in [7, 11) is 0. The van der Waals surface area contributed by atoms with Gasteiger partial charge in [-0.05, 0) is 42.7 Å². The summed E-state index contributed by atoms with van der Waals surface area (Å²) in [4.78, 5) is 33.6. The molecule has 3 N–H and O–H groups in total. The number of amides is 1. The van der Waals surface area contributed by atoms with E-state index in [9.17, 15) is 9.59 Å². The number of aliphatic carboxylic acids is 1. The molecule has 0 spiro atoms. The van der Waals surface area contributed by atoms with E-state index in [2.05, 4.69) is 15.1 Å². The number of carboxylic acids is 1. The summed E-state index contributed by atoms with van der Waals surface area (Å²) in [6.45, 7) is 4.27. The standard InChI is InChI=1S/C20H20N6O4/c1-11-5-14(6-12(2)16(11)13-7-24-25(8-13)9-15(27)28)26-3-4-30-19-17(20(26)29)18(21)22-10-23-19/h5-8,10H,3-4,9H2,1-2H3,(H,27,28)(H2,21,22,23). The van der Waals surface area contributed by atoms with Gasteiger partial charge in [0.15, 0.2) is 0 Å². The molecule has 10 nitrogen and oxygen atoms in total. The number of carbonyl (C=O) groups is 2. The molecule has 0 aliphatic carbocycles. The Balaban J connectivity index is 1.71. The number of aromatic nitrogens is 4. The number of nitrogen functional groups attached to an aromatic ring is 1. The van der Waals surface area contributed by atoms with E-state index in [-0.39, 0.29) is 36.3 Å². The molecule has 10 heteroatoms. The first-order valence-corrected chi connectivity index (χ1v) is 9.26. The van der Waals surface area contributed by atoms with Gasteiger partial charge in [-0.3, -0.25) is 14.3 Å². The van der Waals surface area contributed by atoms with Crippen molar-refractivity contribution in [3.05, 3.63) is 47.5 Å². The average molecular weight is 408 g/mol. The van der Waals surface area contributed by atoms with Crippen molar-refractivity contribution < 1.29 is 19.4 Å². The van der Waals surface area contributed by atoms with Gasteiger partial charge in [-0.1, -0.05) is 0 Å². The van der Waals surface area contributed by atoms with Crippen LogP contribution in [-0.4, -0.2) is 49.9 Å². The second-order valence-electron chi connectivity index (χ2n) is 7.02. The van der Waals surface area contributed by atoms with Crippen molar-refractivity contribution in [1.82, 2.24) is 19.7 Å². The SMILES string of the molecule is Cc1cc(N2CCOc3ncnc(N)c3C2=O)cc(C)c1-c1cnn(CC(=O)O)c1. The van der Waals surface area contributed by atoms with Crippen LogP contribution in [0.15, 0.2) is 30.9 Å². The fourth-order valence-corrected chi connectivity index (χ4v) is 3.68. The van der Waals surface area contributed by atoms with E-state index in [0.29, 0.717) is 12.2 Å². The van der Waals surface area contributed by atoms with Crippen molar-refractivity contribution in [3.63, 3.8) is 0 Å². The van der Waals surface area contributed by atoms with Gasteiger partial charge >= 0.3 is 5.97 Å². The summed E-state index contributed by atoms with van der Waals surface area (Å²) in [5.41, 5.74) is 10.4. The molecular weight excluding hydrogens is 388 g/mol. The third-order valence-electron chi connectivity index (χ3n) is 4.90. The zero-order valence-electron chi connectivity index (χ0n) is 16.5. The first-order chi connectivity index (χ1) is 14.3. The second-order valence-corrected chi connectivity index (χ2v) is 7.02. The first kappa shape index (κ1) is 19.4. The van der Waals surface area contributed by atoms with Crippen molar-refractivity contribution in [2.75, 3.05) is 23.8 Å². The van der Waals surface area contributed by atoms with Gasteiger partial charge in [0.05, 0.1) is 12.7 Å². The van der Waals surface area contributed by atoms with E-state index in [1.165, 1.54) is 11.0 Å². The molecule has 3 aromatic rings. The number of nitrogens with two attached hydrogens (primary N) is 1. The molecule has 2 aromatic heterocycles. The van der Waals surface area contributed by atoms with Crippen LogP contribution >= 0.6 is 0 Å². The summed E-state index contributed by atoms with van der Waals surface area (Å²) in [6, 6.07) is 3.81. The molecule has 1 aliphatic rings.